The Morgan fingerprint density at radius 2 is 2.11 bits per heavy atom. The molecule has 1 N–H and O–H groups in total. The average Bonchev–Trinajstić information content (AvgIpc) is 2.41. The lowest BCUT2D eigenvalue weighted by Gasteiger charge is -2.38. The first-order chi connectivity index (χ1) is 8.77. The summed E-state index contributed by atoms with van der Waals surface area (Å²) in [4.78, 5) is 12.3. The molecule has 2 rings (SSSR count). The van der Waals surface area contributed by atoms with Crippen molar-refractivity contribution in [1.82, 2.24) is 5.32 Å². The smallest absolute Gasteiger partial charge is 0.312 e. The van der Waals surface area contributed by atoms with E-state index in [9.17, 15) is 4.79 Å². The molecule has 1 unspecified atom stereocenters. The number of rotatable bonds is 4. The number of hydrogen-bond acceptors (Lipinski definition) is 4. The Hall–Kier alpha value is -0.320. The molecule has 2 heterocycles. The summed E-state index contributed by atoms with van der Waals surface area (Å²) in [6.45, 7) is 5.02. The monoisotopic (exact) mass is 291 g/mol. The van der Waals surface area contributed by atoms with E-state index in [1.54, 1.807) is 0 Å². The number of ether oxygens (including phenoxy) is 2. The molecule has 0 aromatic heterocycles. The molecule has 0 bridgehead atoms. The highest BCUT2D eigenvalue weighted by molar-refractivity contribution is 5.85. The summed E-state index contributed by atoms with van der Waals surface area (Å²) >= 11 is 0. The van der Waals surface area contributed by atoms with Crippen molar-refractivity contribution in [2.75, 3.05) is 26.3 Å². The number of carbonyl (C=O) groups excluding carboxylic acids is 1. The molecule has 0 aromatic rings. The average molecular weight is 292 g/mol. The fraction of sp³-hybridized carbons (Fsp3) is 0.929. The lowest BCUT2D eigenvalue weighted by molar-refractivity contribution is -0.161. The second kappa shape index (κ2) is 8.08. The molecule has 0 saturated carbocycles. The van der Waals surface area contributed by atoms with Crippen LogP contribution in [0.5, 0.6) is 0 Å². The molecule has 2 fully saturated rings. The Labute approximate surface area is 122 Å². The Morgan fingerprint density at radius 1 is 1.37 bits per heavy atom. The molecule has 0 radical (unpaired) electrons. The highest BCUT2D eigenvalue weighted by Crippen LogP contribution is 2.38. The Balaban J connectivity index is 0.00000180. The van der Waals surface area contributed by atoms with Gasteiger partial charge in [-0.25, -0.2) is 0 Å². The molecule has 112 valence electrons. The highest BCUT2D eigenvalue weighted by atomic mass is 35.5. The largest absolute Gasteiger partial charge is 0.466 e. The number of carbonyl (C=O) groups is 1. The topological polar surface area (TPSA) is 47.6 Å². The van der Waals surface area contributed by atoms with Crippen LogP contribution in [0.4, 0.5) is 0 Å². The summed E-state index contributed by atoms with van der Waals surface area (Å²) in [5.41, 5.74) is -0.302. The van der Waals surface area contributed by atoms with Crippen molar-refractivity contribution in [3.8, 4) is 0 Å². The lowest BCUT2D eigenvalue weighted by Crippen LogP contribution is -2.45. The van der Waals surface area contributed by atoms with Crippen molar-refractivity contribution in [2.45, 2.75) is 51.6 Å². The van der Waals surface area contributed by atoms with Gasteiger partial charge in [0.1, 0.15) is 0 Å². The molecule has 0 aromatic carbocycles. The second-order valence-corrected chi connectivity index (χ2v) is 5.44. The number of esters is 1. The van der Waals surface area contributed by atoms with E-state index < -0.39 is 0 Å². The van der Waals surface area contributed by atoms with E-state index in [1.807, 2.05) is 6.92 Å². The van der Waals surface area contributed by atoms with Crippen LogP contribution in [-0.4, -0.2) is 38.4 Å². The van der Waals surface area contributed by atoms with Gasteiger partial charge >= 0.3 is 5.97 Å². The molecule has 5 heteroatoms. The minimum atomic E-state index is -0.302. The Bertz CT molecular complexity index is 274. The van der Waals surface area contributed by atoms with Gasteiger partial charge in [0.25, 0.3) is 0 Å². The first kappa shape index (κ1) is 16.7. The normalized spacial score (nSPS) is 26.3. The van der Waals surface area contributed by atoms with Gasteiger partial charge in [-0.1, -0.05) is 0 Å². The third-order valence-electron chi connectivity index (χ3n) is 4.16. The third kappa shape index (κ3) is 4.33. The van der Waals surface area contributed by atoms with Crippen LogP contribution in [0.15, 0.2) is 0 Å². The van der Waals surface area contributed by atoms with Crippen molar-refractivity contribution in [2.24, 2.45) is 5.41 Å². The lowest BCUT2D eigenvalue weighted by atomic mass is 9.73. The Morgan fingerprint density at radius 3 is 2.68 bits per heavy atom. The maximum atomic E-state index is 12.3. The van der Waals surface area contributed by atoms with Crippen LogP contribution in [-0.2, 0) is 14.3 Å². The van der Waals surface area contributed by atoms with Crippen molar-refractivity contribution < 1.29 is 14.3 Å². The fourth-order valence-corrected chi connectivity index (χ4v) is 3.09. The van der Waals surface area contributed by atoms with Crippen LogP contribution in [0, 0.1) is 5.41 Å². The standard InChI is InChI=1S/C14H25NO3.ClH/c1-2-17-13(16)14(6-8-15-9-7-14)11-12-5-3-4-10-18-12;/h12,15H,2-11H2,1H3;1H. The van der Waals surface area contributed by atoms with E-state index in [-0.39, 0.29) is 29.9 Å². The molecule has 0 spiro atoms. The molecular formula is C14H26ClNO3. The maximum Gasteiger partial charge on any atom is 0.312 e. The van der Waals surface area contributed by atoms with E-state index in [0.29, 0.717) is 6.61 Å². The van der Waals surface area contributed by atoms with Crippen LogP contribution in [0.3, 0.4) is 0 Å². The summed E-state index contributed by atoms with van der Waals surface area (Å²) < 4.78 is 11.1. The van der Waals surface area contributed by atoms with Crippen LogP contribution >= 0.6 is 12.4 Å². The number of halogens is 1. The van der Waals surface area contributed by atoms with Gasteiger partial charge in [0, 0.05) is 6.61 Å². The minimum absolute atomic E-state index is 0. The molecule has 2 aliphatic rings. The van der Waals surface area contributed by atoms with E-state index in [2.05, 4.69) is 5.32 Å². The first-order valence-corrected chi connectivity index (χ1v) is 7.26. The zero-order valence-electron chi connectivity index (χ0n) is 11.8. The van der Waals surface area contributed by atoms with E-state index in [1.165, 1.54) is 6.42 Å². The molecule has 4 nitrogen and oxygen atoms in total. The summed E-state index contributed by atoms with van der Waals surface area (Å²) in [5.74, 6) is -0.0133. The minimum Gasteiger partial charge on any atom is -0.466 e. The SMILES string of the molecule is CCOC(=O)C1(CC2CCCCO2)CCNCC1.Cl. The van der Waals surface area contributed by atoms with Gasteiger partial charge in [-0.3, -0.25) is 4.79 Å². The van der Waals surface area contributed by atoms with Crippen molar-refractivity contribution in [3.63, 3.8) is 0 Å². The van der Waals surface area contributed by atoms with E-state index in [0.717, 1.165) is 51.8 Å². The molecule has 19 heavy (non-hydrogen) atoms. The van der Waals surface area contributed by atoms with Crippen molar-refractivity contribution >= 4 is 18.4 Å². The van der Waals surface area contributed by atoms with Gasteiger partial charge in [0.05, 0.1) is 18.1 Å². The van der Waals surface area contributed by atoms with Crippen molar-refractivity contribution in [3.05, 3.63) is 0 Å². The van der Waals surface area contributed by atoms with Crippen LogP contribution in [0.2, 0.25) is 0 Å². The summed E-state index contributed by atoms with van der Waals surface area (Å²) in [6.07, 6.45) is 6.33. The number of nitrogens with one attached hydrogen (secondary N) is 1. The quantitative estimate of drug-likeness (QED) is 0.808. The molecule has 0 amide bonds. The summed E-state index contributed by atoms with van der Waals surface area (Å²) in [7, 11) is 0. The predicted octanol–water partition coefficient (Wildman–Crippen LogP) is 2.30. The van der Waals surface area contributed by atoms with Gasteiger partial charge in [-0.2, -0.15) is 0 Å². The number of hydrogen-bond donors (Lipinski definition) is 1. The molecule has 0 aliphatic carbocycles. The summed E-state index contributed by atoms with van der Waals surface area (Å²) in [6, 6.07) is 0. The fourth-order valence-electron chi connectivity index (χ4n) is 3.09. The third-order valence-corrected chi connectivity index (χ3v) is 4.16. The molecule has 1 atom stereocenters. The van der Waals surface area contributed by atoms with Gasteiger partial charge in [-0.05, 0) is 58.5 Å². The van der Waals surface area contributed by atoms with Gasteiger partial charge < -0.3 is 14.8 Å². The van der Waals surface area contributed by atoms with Gasteiger partial charge in [0.15, 0.2) is 0 Å². The maximum absolute atomic E-state index is 12.3. The zero-order chi connectivity index (χ0) is 12.8. The first-order valence-electron chi connectivity index (χ1n) is 7.26. The van der Waals surface area contributed by atoms with E-state index in [4.69, 9.17) is 9.47 Å². The van der Waals surface area contributed by atoms with Crippen molar-refractivity contribution in [1.29, 1.82) is 0 Å². The highest BCUT2D eigenvalue weighted by Gasteiger charge is 2.43. The van der Waals surface area contributed by atoms with Crippen LogP contribution in [0.25, 0.3) is 0 Å². The van der Waals surface area contributed by atoms with Crippen LogP contribution < -0.4 is 5.32 Å². The van der Waals surface area contributed by atoms with Crippen LogP contribution in [0.1, 0.15) is 45.4 Å². The predicted molar refractivity (Wildman–Crippen MR) is 76.6 cm³/mol. The second-order valence-electron chi connectivity index (χ2n) is 5.44. The molecule has 2 saturated heterocycles. The molecular weight excluding hydrogens is 266 g/mol. The van der Waals surface area contributed by atoms with Gasteiger partial charge in [0.2, 0.25) is 0 Å². The van der Waals surface area contributed by atoms with E-state index >= 15 is 0 Å². The number of piperidine rings is 1. The zero-order valence-corrected chi connectivity index (χ0v) is 12.6. The molecule has 2 aliphatic heterocycles. The Kier molecular flexibility index (Phi) is 7.11. The van der Waals surface area contributed by atoms with Gasteiger partial charge in [-0.15, -0.1) is 12.4 Å². The summed E-state index contributed by atoms with van der Waals surface area (Å²) in [5, 5.41) is 3.33.